The summed E-state index contributed by atoms with van der Waals surface area (Å²) >= 11 is 11.7. The van der Waals surface area contributed by atoms with Gasteiger partial charge in [-0.05, 0) is 68.5 Å². The number of aromatic nitrogens is 2. The van der Waals surface area contributed by atoms with Crippen LogP contribution < -0.4 is 5.32 Å². The third-order valence-electron chi connectivity index (χ3n) is 4.96. The van der Waals surface area contributed by atoms with E-state index in [0.717, 1.165) is 17.1 Å². The van der Waals surface area contributed by atoms with Gasteiger partial charge in [0, 0.05) is 29.8 Å². The van der Waals surface area contributed by atoms with E-state index < -0.39 is 5.82 Å². The number of pyridine rings is 1. The Labute approximate surface area is 174 Å². The second-order valence-electron chi connectivity index (χ2n) is 7.03. The quantitative estimate of drug-likeness (QED) is 0.606. The van der Waals surface area contributed by atoms with E-state index >= 15 is 0 Å². The van der Waals surface area contributed by atoms with Crippen LogP contribution in [0.5, 0.6) is 0 Å². The topological polar surface area (TPSA) is 33.1 Å². The van der Waals surface area contributed by atoms with E-state index in [0.29, 0.717) is 5.11 Å². The lowest BCUT2D eigenvalue weighted by Crippen LogP contribution is -2.36. The van der Waals surface area contributed by atoms with Crippen LogP contribution >= 0.6 is 23.8 Å². The molecular formula is C21H20ClFN4S. The summed E-state index contributed by atoms with van der Waals surface area (Å²) < 4.78 is 15.7. The first-order valence-electron chi connectivity index (χ1n) is 9.10. The molecule has 0 bridgehead atoms. The fraction of sp³-hybridized carbons (Fsp3) is 0.238. The first-order valence-corrected chi connectivity index (χ1v) is 9.88. The number of nitrogens with zero attached hydrogens (tertiary/aromatic N) is 3. The molecule has 7 heteroatoms. The van der Waals surface area contributed by atoms with Crippen molar-refractivity contribution < 1.29 is 4.39 Å². The molecule has 4 rings (SSSR count). The molecule has 0 aliphatic carbocycles. The van der Waals surface area contributed by atoms with Crippen molar-refractivity contribution in [1.82, 2.24) is 19.8 Å². The van der Waals surface area contributed by atoms with Crippen LogP contribution in [0.3, 0.4) is 0 Å². The third kappa shape index (κ3) is 3.27. The first kappa shape index (κ1) is 18.9. The Morgan fingerprint density at radius 2 is 2.00 bits per heavy atom. The Kier molecular flexibility index (Phi) is 5.08. The number of rotatable bonds is 4. The Balaban J connectivity index is 1.84. The molecule has 28 heavy (non-hydrogen) atoms. The van der Waals surface area contributed by atoms with Gasteiger partial charge in [-0.2, -0.15) is 0 Å². The van der Waals surface area contributed by atoms with Crippen LogP contribution in [-0.2, 0) is 0 Å². The molecule has 2 atom stereocenters. The van der Waals surface area contributed by atoms with Crippen LogP contribution in [-0.4, -0.2) is 25.6 Å². The van der Waals surface area contributed by atoms with E-state index in [4.69, 9.17) is 23.8 Å². The Bertz CT molecular complexity index is 1000. The van der Waals surface area contributed by atoms with Crippen molar-refractivity contribution in [3.05, 3.63) is 83.2 Å². The third-order valence-corrected chi connectivity index (χ3v) is 5.57. The van der Waals surface area contributed by atoms with E-state index in [-0.39, 0.29) is 23.1 Å². The monoisotopic (exact) mass is 414 g/mol. The lowest BCUT2D eigenvalue weighted by Gasteiger charge is -2.31. The average molecular weight is 415 g/mol. The van der Waals surface area contributed by atoms with Crippen molar-refractivity contribution >= 4 is 28.9 Å². The summed E-state index contributed by atoms with van der Waals surface area (Å²) in [5.41, 5.74) is 2.75. The van der Waals surface area contributed by atoms with Gasteiger partial charge in [-0.25, -0.2) is 4.39 Å². The molecule has 0 spiro atoms. The highest BCUT2D eigenvalue weighted by Crippen LogP contribution is 2.40. The van der Waals surface area contributed by atoms with Crippen LogP contribution in [0.15, 0.2) is 60.9 Å². The van der Waals surface area contributed by atoms with E-state index in [9.17, 15) is 4.39 Å². The summed E-state index contributed by atoms with van der Waals surface area (Å²) in [4.78, 5) is 6.73. The number of nitrogens with one attached hydrogen (secondary N) is 1. The van der Waals surface area contributed by atoms with Crippen molar-refractivity contribution in [2.45, 2.75) is 32.0 Å². The predicted molar refractivity (Wildman–Crippen MR) is 113 cm³/mol. The van der Waals surface area contributed by atoms with E-state index in [1.165, 1.54) is 6.07 Å². The molecule has 1 aliphatic rings. The Hall–Kier alpha value is -2.44. The van der Waals surface area contributed by atoms with Gasteiger partial charge in [0.1, 0.15) is 5.82 Å². The zero-order valence-corrected chi connectivity index (χ0v) is 17.1. The smallest absolute Gasteiger partial charge is 0.170 e. The van der Waals surface area contributed by atoms with Crippen molar-refractivity contribution in [2.24, 2.45) is 0 Å². The molecule has 1 N–H and O–H groups in total. The summed E-state index contributed by atoms with van der Waals surface area (Å²) in [6, 6.07) is 14.7. The maximum absolute atomic E-state index is 13.7. The van der Waals surface area contributed by atoms with Gasteiger partial charge in [0.15, 0.2) is 5.11 Å². The average Bonchev–Trinajstić information content (AvgIpc) is 3.28. The van der Waals surface area contributed by atoms with Crippen molar-refractivity contribution in [1.29, 1.82) is 0 Å². The Morgan fingerprint density at radius 3 is 2.68 bits per heavy atom. The molecule has 3 heterocycles. The Morgan fingerprint density at radius 1 is 1.18 bits per heavy atom. The molecule has 0 saturated carbocycles. The highest BCUT2D eigenvalue weighted by atomic mass is 35.5. The van der Waals surface area contributed by atoms with Crippen LogP contribution in [0.25, 0.3) is 5.69 Å². The van der Waals surface area contributed by atoms with E-state index in [2.05, 4.69) is 35.1 Å². The normalized spacial score (nSPS) is 19.3. The number of hydrogen-bond acceptors (Lipinski definition) is 2. The highest BCUT2D eigenvalue weighted by Gasteiger charge is 2.42. The maximum Gasteiger partial charge on any atom is 0.170 e. The minimum absolute atomic E-state index is 0.0683. The van der Waals surface area contributed by atoms with Crippen LogP contribution in [0.2, 0.25) is 5.02 Å². The van der Waals surface area contributed by atoms with Crippen molar-refractivity contribution in [3.8, 4) is 5.69 Å². The van der Waals surface area contributed by atoms with Gasteiger partial charge in [0.2, 0.25) is 0 Å². The second kappa shape index (κ2) is 7.53. The van der Waals surface area contributed by atoms with Gasteiger partial charge in [-0.1, -0.05) is 17.7 Å². The first-order chi connectivity index (χ1) is 13.5. The molecule has 1 saturated heterocycles. The van der Waals surface area contributed by atoms with Crippen molar-refractivity contribution in [2.75, 3.05) is 0 Å². The summed E-state index contributed by atoms with van der Waals surface area (Å²) in [6.07, 6.45) is 3.74. The standard InChI is InChI=1S/C21H20ClFN4S/c1-13(2)27-20(19(25-21(27)28)17-6-3-4-10-24-17)18-7-5-11-26(18)14-8-9-16(23)15(22)12-14/h3-13,19-20H,1-2H3,(H,25,28)/t19-,20+/m0/s1. The number of thiocarbonyl (C=S) groups is 1. The summed E-state index contributed by atoms with van der Waals surface area (Å²) in [5.74, 6) is -0.432. The van der Waals surface area contributed by atoms with Gasteiger partial charge in [-0.3, -0.25) is 4.98 Å². The van der Waals surface area contributed by atoms with Crippen LogP contribution in [0.4, 0.5) is 4.39 Å². The maximum atomic E-state index is 13.7. The largest absolute Gasteiger partial charge is 0.352 e. The van der Waals surface area contributed by atoms with E-state index in [1.54, 1.807) is 18.3 Å². The lowest BCUT2D eigenvalue weighted by molar-refractivity contribution is 0.262. The van der Waals surface area contributed by atoms with Crippen LogP contribution in [0.1, 0.15) is 37.3 Å². The summed E-state index contributed by atoms with van der Waals surface area (Å²) in [5, 5.41) is 4.23. The molecule has 0 unspecified atom stereocenters. The van der Waals surface area contributed by atoms with Gasteiger partial charge in [0.25, 0.3) is 0 Å². The fourth-order valence-electron chi connectivity index (χ4n) is 3.74. The van der Waals surface area contributed by atoms with Crippen molar-refractivity contribution in [3.63, 3.8) is 0 Å². The number of benzene rings is 1. The van der Waals surface area contributed by atoms with Crippen LogP contribution in [0, 0.1) is 5.82 Å². The molecule has 144 valence electrons. The molecule has 2 aromatic heterocycles. The van der Waals surface area contributed by atoms with E-state index in [1.807, 2.05) is 35.0 Å². The molecular weight excluding hydrogens is 395 g/mol. The highest BCUT2D eigenvalue weighted by molar-refractivity contribution is 7.80. The second-order valence-corrected chi connectivity index (χ2v) is 7.82. The number of hydrogen-bond donors (Lipinski definition) is 1. The molecule has 0 radical (unpaired) electrons. The zero-order valence-electron chi connectivity index (χ0n) is 15.5. The SMILES string of the molecule is CC(C)N1C(=S)N[C@@H](c2ccccn2)[C@H]1c1cccn1-c1ccc(F)c(Cl)c1. The van der Waals surface area contributed by atoms with Gasteiger partial charge in [-0.15, -0.1) is 0 Å². The van der Waals surface area contributed by atoms with Gasteiger partial charge in [0.05, 0.1) is 22.8 Å². The minimum Gasteiger partial charge on any atom is -0.352 e. The summed E-state index contributed by atoms with van der Waals surface area (Å²) in [7, 11) is 0. The predicted octanol–water partition coefficient (Wildman–Crippen LogP) is 5.05. The molecule has 4 nitrogen and oxygen atoms in total. The molecule has 1 aromatic carbocycles. The zero-order chi connectivity index (χ0) is 19.8. The molecule has 1 fully saturated rings. The number of halogens is 2. The molecule has 3 aromatic rings. The lowest BCUT2D eigenvalue weighted by atomic mass is 10.0. The summed E-state index contributed by atoms with van der Waals surface area (Å²) in [6.45, 7) is 4.23. The molecule has 0 amide bonds. The van der Waals surface area contributed by atoms with Gasteiger partial charge >= 0.3 is 0 Å². The van der Waals surface area contributed by atoms with Gasteiger partial charge < -0.3 is 14.8 Å². The minimum atomic E-state index is -0.432. The molecule has 1 aliphatic heterocycles. The fourth-order valence-corrected chi connectivity index (χ4v) is 4.37.